The maximum absolute atomic E-state index is 10.5. The van der Waals surface area contributed by atoms with Crippen LogP contribution in [0.3, 0.4) is 0 Å². The third-order valence-electron chi connectivity index (χ3n) is 12.3. The molecule has 9 aliphatic rings. The number of amidine groups is 5. The fourth-order valence-corrected chi connectivity index (χ4v) is 16.7. The summed E-state index contributed by atoms with van der Waals surface area (Å²) in [5.41, 5.74) is 4.53. The first-order valence-electron chi connectivity index (χ1n) is 20.4. The Balaban J connectivity index is 1.19. The molecule has 0 amide bonds. The molecule has 5 N–H and O–H groups in total. The van der Waals surface area contributed by atoms with Crippen LogP contribution >= 0.6 is 0 Å². The second kappa shape index (κ2) is 13.8. The zero-order valence-electron chi connectivity index (χ0n) is 31.9. The number of nitrogens with zero attached hydrogens (tertiary/aromatic N) is 13. The SMILES string of the molecule is OC1CCC(C[O][Ge]2([O]CC3CCC(O)CC3)[N]3C4=NC5=NC(=Nc6c7nccnc7c([n]62)N=C2N=C(NC3c3nccnc34)C3=C2N=CCN3)C2=C5N=CCN2)CC1. The van der Waals surface area contributed by atoms with Crippen molar-refractivity contribution >= 4 is 78.7 Å². The molecule has 10 heterocycles. The van der Waals surface area contributed by atoms with E-state index in [-0.39, 0.29) is 24.0 Å². The number of aliphatic imine (C=N–C) groups is 7. The summed E-state index contributed by atoms with van der Waals surface area (Å²) in [6.07, 6.45) is 14.7. The van der Waals surface area contributed by atoms with Crippen molar-refractivity contribution < 1.29 is 17.7 Å². The summed E-state index contributed by atoms with van der Waals surface area (Å²) in [7, 11) is 0. The second-order valence-corrected chi connectivity index (χ2v) is 21.5. The third kappa shape index (κ3) is 5.60. The Kier molecular flexibility index (Phi) is 8.26. The van der Waals surface area contributed by atoms with E-state index in [1.807, 2.05) is 3.52 Å². The Labute approximate surface area is 340 Å². The van der Waals surface area contributed by atoms with E-state index in [2.05, 4.69) is 19.8 Å². The molecule has 7 aliphatic heterocycles. The number of fused-ring (bicyclic) bond motifs is 12. The van der Waals surface area contributed by atoms with Crippen LogP contribution in [0.1, 0.15) is 68.9 Å². The van der Waals surface area contributed by atoms with Crippen molar-refractivity contribution in [1.82, 2.24) is 43.3 Å². The van der Waals surface area contributed by atoms with Gasteiger partial charge in [0.1, 0.15) is 0 Å². The Bertz CT molecular complexity index is 2570. The van der Waals surface area contributed by atoms with Gasteiger partial charge in [-0.2, -0.15) is 0 Å². The van der Waals surface area contributed by atoms with Crippen LogP contribution in [0, 0.1) is 11.8 Å². The van der Waals surface area contributed by atoms with Crippen molar-refractivity contribution in [1.29, 1.82) is 0 Å². The standard InChI is InChI=1S/C38H40GeN16O4/c56-21-5-1-19(2-6-21)17-58-39(59-18-20-3-7-22(57)8-4-20)54-35-27-28(45-14-13-44-27)37(54)52-33-25-26(43-12-11-42-25)34(49-33)53-38-30-29(46-15-16-47-30)36(55(38)39)51-32-24-23(31(48-32)50-35)40-9-10-41-24/h9,12-16,19-22,36,41-42,56-57H,1-8,10-11,17-18H2,(H,48,50,51). The van der Waals surface area contributed by atoms with E-state index in [1.54, 1.807) is 37.2 Å². The molecule has 3 aromatic heterocycles. The van der Waals surface area contributed by atoms with Gasteiger partial charge in [-0.3, -0.25) is 0 Å². The van der Waals surface area contributed by atoms with E-state index in [9.17, 15) is 10.2 Å². The van der Waals surface area contributed by atoms with Gasteiger partial charge in [-0.15, -0.1) is 0 Å². The zero-order valence-corrected chi connectivity index (χ0v) is 34.0. The summed E-state index contributed by atoms with van der Waals surface area (Å²) in [5, 5.41) is 31.7. The fourth-order valence-electron chi connectivity index (χ4n) is 9.34. The molecule has 21 heteroatoms. The molecule has 1 unspecified atom stereocenters. The Morgan fingerprint density at radius 1 is 0.644 bits per heavy atom. The van der Waals surface area contributed by atoms with E-state index in [0.717, 1.165) is 25.7 Å². The molecule has 12 rings (SSSR count). The van der Waals surface area contributed by atoms with Crippen molar-refractivity contribution in [2.24, 2.45) is 46.8 Å². The summed E-state index contributed by atoms with van der Waals surface area (Å²) in [6, 6.07) is 0. The van der Waals surface area contributed by atoms with E-state index in [0.29, 0.717) is 138 Å². The van der Waals surface area contributed by atoms with Crippen LogP contribution in [0.4, 0.5) is 11.6 Å². The van der Waals surface area contributed by atoms with Crippen LogP contribution in [0.2, 0.25) is 0 Å². The van der Waals surface area contributed by atoms with E-state index >= 15 is 0 Å². The molecule has 0 spiro atoms. The van der Waals surface area contributed by atoms with Gasteiger partial charge >= 0.3 is 341 Å². The van der Waals surface area contributed by atoms with Crippen molar-refractivity contribution in [2.45, 2.75) is 69.7 Å². The summed E-state index contributed by atoms with van der Waals surface area (Å²) < 4.78 is 19.5. The van der Waals surface area contributed by atoms with Gasteiger partial charge in [-0.1, -0.05) is 0 Å². The molecule has 2 fully saturated rings. The van der Waals surface area contributed by atoms with Gasteiger partial charge in [0.05, 0.1) is 0 Å². The summed E-state index contributed by atoms with van der Waals surface area (Å²) in [6.45, 7) is 1.64. The first-order valence-corrected chi connectivity index (χ1v) is 23.9. The first-order chi connectivity index (χ1) is 29.0. The number of nitrogens with one attached hydrogen (secondary N) is 3. The van der Waals surface area contributed by atoms with Gasteiger partial charge in [0.2, 0.25) is 0 Å². The average molecular weight is 857 g/mol. The molecule has 0 aromatic carbocycles. The number of rotatable bonds is 6. The molecule has 0 saturated heterocycles. The Morgan fingerprint density at radius 2 is 1.22 bits per heavy atom. The predicted molar refractivity (Wildman–Crippen MR) is 219 cm³/mol. The molecule has 0 radical (unpaired) electrons. The molecule has 2 saturated carbocycles. The molecule has 300 valence electrons. The Hall–Kier alpha value is -5.55. The van der Waals surface area contributed by atoms with Gasteiger partial charge in [-0.05, 0) is 0 Å². The van der Waals surface area contributed by atoms with Crippen LogP contribution in [0.25, 0.3) is 11.0 Å². The molecule has 1 atom stereocenters. The quantitative estimate of drug-likeness (QED) is 0.223. The number of hydrogen-bond acceptors (Lipinski definition) is 19. The topological polar surface area (TPSA) is 241 Å². The third-order valence-corrected chi connectivity index (χ3v) is 19.0. The number of aromatic nitrogens is 5. The summed E-state index contributed by atoms with van der Waals surface area (Å²) >= 11 is -5.20. The molecule has 2 aliphatic carbocycles. The van der Waals surface area contributed by atoms with Gasteiger partial charge in [0.15, 0.2) is 0 Å². The van der Waals surface area contributed by atoms with Crippen LogP contribution in [0.5, 0.6) is 0 Å². The van der Waals surface area contributed by atoms with Crippen molar-refractivity contribution in [3.05, 3.63) is 59.0 Å². The zero-order chi connectivity index (χ0) is 39.2. The van der Waals surface area contributed by atoms with Crippen molar-refractivity contribution in [3.8, 4) is 0 Å². The van der Waals surface area contributed by atoms with Crippen LogP contribution in [0.15, 0.2) is 82.5 Å². The minimum absolute atomic E-state index is 0.137. The molecule has 59 heavy (non-hydrogen) atoms. The van der Waals surface area contributed by atoms with Crippen molar-refractivity contribution in [3.63, 3.8) is 0 Å². The number of aliphatic hydroxyl groups excluding tert-OH is 2. The summed E-state index contributed by atoms with van der Waals surface area (Å²) in [4.78, 5) is 55.6. The van der Waals surface area contributed by atoms with Crippen LogP contribution in [-0.2, 0) is 7.53 Å². The fraction of sp³-hybridized carbons (Fsp3) is 0.447. The molecule has 3 aromatic rings. The normalized spacial score (nSPS) is 30.0. The summed E-state index contributed by atoms with van der Waals surface area (Å²) in [5.74, 6) is 3.16. The van der Waals surface area contributed by atoms with E-state index in [1.165, 1.54) is 0 Å². The second-order valence-electron chi connectivity index (χ2n) is 16.0. The van der Waals surface area contributed by atoms with Crippen molar-refractivity contribution in [2.75, 3.05) is 26.3 Å². The minimum atomic E-state index is -5.20. The van der Waals surface area contributed by atoms with Gasteiger partial charge in [0.25, 0.3) is 0 Å². The Morgan fingerprint density at radius 3 is 1.90 bits per heavy atom. The van der Waals surface area contributed by atoms with Crippen LogP contribution < -0.4 is 16.0 Å². The maximum atomic E-state index is 10.5. The molecular formula is C38H40GeN16O4. The number of aliphatic hydroxyl groups is 2. The predicted octanol–water partition coefficient (Wildman–Crippen LogP) is 1.67. The van der Waals surface area contributed by atoms with E-state index < -0.39 is 20.6 Å². The van der Waals surface area contributed by atoms with Crippen LogP contribution in [-0.4, -0.2) is 132 Å². The molecular weight excluding hydrogens is 817 g/mol. The van der Waals surface area contributed by atoms with Gasteiger partial charge < -0.3 is 0 Å². The first kappa shape index (κ1) is 35.4. The monoisotopic (exact) mass is 858 g/mol. The van der Waals surface area contributed by atoms with Gasteiger partial charge in [0, 0.05) is 0 Å². The molecule has 20 nitrogen and oxygen atoms in total. The molecule has 6 bridgehead atoms. The number of hydrogen-bond donors (Lipinski definition) is 5. The average Bonchev–Trinajstić information content (AvgIpc) is 3.99. The van der Waals surface area contributed by atoms with Gasteiger partial charge in [-0.25, -0.2) is 0 Å². The van der Waals surface area contributed by atoms with E-state index in [4.69, 9.17) is 62.4 Å².